The molecule has 2 heteroatoms. The van der Waals surface area contributed by atoms with Crippen molar-refractivity contribution >= 4 is 0 Å². The lowest BCUT2D eigenvalue weighted by molar-refractivity contribution is 0.268. The first-order chi connectivity index (χ1) is 6.56. The van der Waals surface area contributed by atoms with E-state index < -0.39 is 0 Å². The Morgan fingerprint density at radius 3 is 2.29 bits per heavy atom. The van der Waals surface area contributed by atoms with Gasteiger partial charge < -0.3 is 5.32 Å². The van der Waals surface area contributed by atoms with E-state index in [2.05, 4.69) is 33.0 Å². The predicted molar refractivity (Wildman–Crippen MR) is 61.2 cm³/mol. The summed E-state index contributed by atoms with van der Waals surface area (Å²) in [7, 11) is 0. The SMILES string of the molecule is CC(C)C.CC1CNCC(CCF)C1. The second kappa shape index (κ2) is 8.22. The lowest BCUT2D eigenvalue weighted by atomic mass is 9.90. The summed E-state index contributed by atoms with van der Waals surface area (Å²) in [4.78, 5) is 0. The monoisotopic (exact) mass is 203 g/mol. The molecule has 1 rings (SSSR count). The van der Waals surface area contributed by atoms with Gasteiger partial charge in [0.15, 0.2) is 0 Å². The van der Waals surface area contributed by atoms with Crippen LogP contribution in [-0.4, -0.2) is 19.8 Å². The lowest BCUT2D eigenvalue weighted by Crippen LogP contribution is -2.35. The molecule has 0 bridgehead atoms. The van der Waals surface area contributed by atoms with Gasteiger partial charge in [-0.2, -0.15) is 0 Å². The van der Waals surface area contributed by atoms with Crippen molar-refractivity contribution in [2.75, 3.05) is 19.8 Å². The molecule has 0 amide bonds. The Balaban J connectivity index is 0.000000364. The minimum Gasteiger partial charge on any atom is -0.316 e. The molecule has 2 atom stereocenters. The van der Waals surface area contributed by atoms with E-state index in [0.717, 1.165) is 31.3 Å². The molecule has 0 aromatic carbocycles. The van der Waals surface area contributed by atoms with Crippen LogP contribution in [0.1, 0.15) is 40.5 Å². The highest BCUT2D eigenvalue weighted by Gasteiger charge is 2.17. The minimum absolute atomic E-state index is 0.154. The van der Waals surface area contributed by atoms with E-state index in [9.17, 15) is 4.39 Å². The average Bonchev–Trinajstić information content (AvgIpc) is 2.03. The van der Waals surface area contributed by atoms with Gasteiger partial charge in [0, 0.05) is 0 Å². The molecule has 0 saturated carbocycles. The summed E-state index contributed by atoms with van der Waals surface area (Å²) < 4.78 is 11.9. The van der Waals surface area contributed by atoms with Crippen LogP contribution in [0.15, 0.2) is 0 Å². The maximum absolute atomic E-state index is 11.9. The van der Waals surface area contributed by atoms with E-state index in [1.165, 1.54) is 6.42 Å². The largest absolute Gasteiger partial charge is 0.316 e. The van der Waals surface area contributed by atoms with Gasteiger partial charge in [-0.1, -0.05) is 27.7 Å². The molecule has 0 aliphatic carbocycles. The molecular weight excluding hydrogens is 177 g/mol. The zero-order chi connectivity index (χ0) is 11.0. The smallest absolute Gasteiger partial charge is 0.0897 e. The zero-order valence-corrected chi connectivity index (χ0v) is 10.1. The number of halogens is 1. The highest BCUT2D eigenvalue weighted by atomic mass is 19.1. The number of rotatable bonds is 2. The summed E-state index contributed by atoms with van der Waals surface area (Å²) in [6.07, 6.45) is 1.95. The van der Waals surface area contributed by atoms with Crippen molar-refractivity contribution in [2.45, 2.75) is 40.5 Å². The predicted octanol–water partition coefficient (Wildman–Crippen LogP) is 3.25. The standard InChI is InChI=1S/C8H16FN.C4H10/c1-7-4-8(2-3-9)6-10-5-7;1-4(2)3/h7-8,10H,2-6H2,1H3;4H,1-3H3. The molecule has 1 fully saturated rings. The van der Waals surface area contributed by atoms with Gasteiger partial charge in [0.2, 0.25) is 0 Å². The molecule has 1 aliphatic rings. The number of piperidine rings is 1. The van der Waals surface area contributed by atoms with E-state index in [4.69, 9.17) is 0 Å². The van der Waals surface area contributed by atoms with Crippen LogP contribution in [0.4, 0.5) is 4.39 Å². The molecule has 1 N–H and O–H groups in total. The Labute approximate surface area is 88.5 Å². The molecule has 1 nitrogen and oxygen atoms in total. The number of hydrogen-bond acceptors (Lipinski definition) is 1. The highest BCUT2D eigenvalue weighted by molar-refractivity contribution is 4.73. The van der Waals surface area contributed by atoms with Crippen LogP contribution in [0, 0.1) is 17.8 Å². The van der Waals surface area contributed by atoms with Crippen molar-refractivity contribution in [1.29, 1.82) is 0 Å². The molecule has 2 unspecified atom stereocenters. The van der Waals surface area contributed by atoms with Crippen LogP contribution in [0.3, 0.4) is 0 Å². The summed E-state index contributed by atoms with van der Waals surface area (Å²) in [5, 5.41) is 3.30. The molecule has 0 aromatic rings. The Bertz CT molecular complexity index is 121. The fraction of sp³-hybridized carbons (Fsp3) is 1.00. The van der Waals surface area contributed by atoms with Crippen molar-refractivity contribution in [1.82, 2.24) is 5.32 Å². The van der Waals surface area contributed by atoms with Gasteiger partial charge in [0.1, 0.15) is 0 Å². The third-order valence-corrected chi connectivity index (χ3v) is 2.18. The summed E-state index contributed by atoms with van der Waals surface area (Å²) in [5.41, 5.74) is 0. The number of nitrogens with one attached hydrogen (secondary N) is 1. The normalized spacial score (nSPS) is 27.0. The molecule has 0 radical (unpaired) electrons. The molecule has 14 heavy (non-hydrogen) atoms. The minimum atomic E-state index is -0.154. The Morgan fingerprint density at radius 2 is 1.86 bits per heavy atom. The van der Waals surface area contributed by atoms with E-state index >= 15 is 0 Å². The topological polar surface area (TPSA) is 12.0 Å². The summed E-state index contributed by atoms with van der Waals surface area (Å²) in [6.45, 7) is 10.7. The Kier molecular flexibility index (Phi) is 8.15. The molecule has 1 saturated heterocycles. The van der Waals surface area contributed by atoms with E-state index in [1.54, 1.807) is 0 Å². The van der Waals surface area contributed by atoms with E-state index in [-0.39, 0.29) is 6.67 Å². The zero-order valence-electron chi connectivity index (χ0n) is 10.1. The molecule has 1 heterocycles. The van der Waals surface area contributed by atoms with Crippen LogP contribution >= 0.6 is 0 Å². The van der Waals surface area contributed by atoms with Gasteiger partial charge in [0.05, 0.1) is 6.67 Å². The Morgan fingerprint density at radius 1 is 1.29 bits per heavy atom. The van der Waals surface area contributed by atoms with E-state index in [0.29, 0.717) is 5.92 Å². The highest BCUT2D eigenvalue weighted by Crippen LogP contribution is 2.18. The maximum Gasteiger partial charge on any atom is 0.0897 e. The first kappa shape index (κ1) is 13.9. The third-order valence-electron chi connectivity index (χ3n) is 2.18. The molecule has 0 aromatic heterocycles. The Hall–Kier alpha value is -0.110. The van der Waals surface area contributed by atoms with Crippen LogP contribution in [0.2, 0.25) is 0 Å². The third kappa shape index (κ3) is 8.49. The van der Waals surface area contributed by atoms with Crippen molar-refractivity contribution in [3.05, 3.63) is 0 Å². The molecular formula is C12H26FN. The molecule has 1 aliphatic heterocycles. The first-order valence-electron chi connectivity index (χ1n) is 5.83. The van der Waals surface area contributed by atoms with Crippen LogP contribution < -0.4 is 5.32 Å². The van der Waals surface area contributed by atoms with Crippen molar-refractivity contribution in [3.63, 3.8) is 0 Å². The van der Waals surface area contributed by atoms with Crippen LogP contribution in [0.5, 0.6) is 0 Å². The lowest BCUT2D eigenvalue weighted by Gasteiger charge is -2.26. The van der Waals surface area contributed by atoms with Gasteiger partial charge in [-0.05, 0) is 43.7 Å². The number of alkyl halides is 1. The van der Waals surface area contributed by atoms with Crippen LogP contribution in [-0.2, 0) is 0 Å². The maximum atomic E-state index is 11.9. The van der Waals surface area contributed by atoms with Crippen molar-refractivity contribution < 1.29 is 4.39 Å². The summed E-state index contributed by atoms with van der Waals surface area (Å²) in [6, 6.07) is 0. The number of hydrogen-bond donors (Lipinski definition) is 1. The quantitative estimate of drug-likeness (QED) is 0.726. The molecule has 0 spiro atoms. The van der Waals surface area contributed by atoms with Gasteiger partial charge in [-0.15, -0.1) is 0 Å². The van der Waals surface area contributed by atoms with Gasteiger partial charge >= 0.3 is 0 Å². The fourth-order valence-corrected chi connectivity index (χ4v) is 1.64. The first-order valence-corrected chi connectivity index (χ1v) is 5.83. The van der Waals surface area contributed by atoms with Gasteiger partial charge in [-0.3, -0.25) is 4.39 Å². The second-order valence-electron chi connectivity index (χ2n) is 5.07. The van der Waals surface area contributed by atoms with Gasteiger partial charge in [0.25, 0.3) is 0 Å². The van der Waals surface area contributed by atoms with Gasteiger partial charge in [-0.25, -0.2) is 0 Å². The van der Waals surface area contributed by atoms with E-state index in [1.807, 2.05) is 0 Å². The van der Waals surface area contributed by atoms with Crippen LogP contribution in [0.25, 0.3) is 0 Å². The second-order valence-corrected chi connectivity index (χ2v) is 5.07. The summed E-state index contributed by atoms with van der Waals surface area (Å²) in [5.74, 6) is 2.17. The average molecular weight is 203 g/mol. The fourth-order valence-electron chi connectivity index (χ4n) is 1.64. The van der Waals surface area contributed by atoms with Crippen molar-refractivity contribution in [3.8, 4) is 0 Å². The summed E-state index contributed by atoms with van der Waals surface area (Å²) >= 11 is 0. The molecule has 86 valence electrons. The van der Waals surface area contributed by atoms with Crippen molar-refractivity contribution in [2.24, 2.45) is 17.8 Å².